The topological polar surface area (TPSA) is 15.3 Å². The van der Waals surface area contributed by atoms with Gasteiger partial charge in [0.25, 0.3) is 0 Å². The molecule has 1 atom stereocenters. The highest BCUT2D eigenvalue weighted by atomic mass is 15.2. The number of anilines is 2. The Balaban J connectivity index is 1.94. The lowest BCUT2D eigenvalue weighted by atomic mass is 10.1. The Morgan fingerprint density at radius 3 is 2.71 bits per heavy atom. The first-order valence-electron chi connectivity index (χ1n) is 7.88. The van der Waals surface area contributed by atoms with Gasteiger partial charge in [0.2, 0.25) is 0 Å². The van der Waals surface area contributed by atoms with E-state index >= 15 is 0 Å². The summed E-state index contributed by atoms with van der Waals surface area (Å²) >= 11 is 0. The standard InChI is InChI=1S/C19H24N2/c1-4-20-13-16-9-10-18(14(2)11-16)21-15(3)12-17-7-5-6-8-19(17)21/h5-11,15,20H,4,12-13H2,1-3H3. The quantitative estimate of drug-likeness (QED) is 0.903. The van der Waals surface area contributed by atoms with Gasteiger partial charge < -0.3 is 10.2 Å². The minimum Gasteiger partial charge on any atom is -0.338 e. The highest BCUT2D eigenvalue weighted by Gasteiger charge is 2.27. The van der Waals surface area contributed by atoms with Crippen LogP contribution in [0.5, 0.6) is 0 Å². The molecule has 110 valence electrons. The second kappa shape index (κ2) is 5.90. The van der Waals surface area contributed by atoms with Crippen LogP contribution in [0, 0.1) is 6.92 Å². The summed E-state index contributed by atoms with van der Waals surface area (Å²) in [6, 6.07) is 16.1. The van der Waals surface area contributed by atoms with Gasteiger partial charge in [0.15, 0.2) is 0 Å². The maximum atomic E-state index is 3.39. The first-order chi connectivity index (χ1) is 10.2. The van der Waals surface area contributed by atoms with Crippen LogP contribution >= 0.6 is 0 Å². The van der Waals surface area contributed by atoms with Crippen molar-refractivity contribution in [3.05, 3.63) is 59.2 Å². The number of fused-ring (bicyclic) bond motifs is 1. The van der Waals surface area contributed by atoms with E-state index in [1.54, 1.807) is 0 Å². The maximum absolute atomic E-state index is 3.39. The van der Waals surface area contributed by atoms with E-state index in [9.17, 15) is 0 Å². The average Bonchev–Trinajstić information content (AvgIpc) is 2.81. The summed E-state index contributed by atoms with van der Waals surface area (Å²) in [4.78, 5) is 2.49. The van der Waals surface area contributed by atoms with Gasteiger partial charge >= 0.3 is 0 Å². The minimum absolute atomic E-state index is 0.528. The molecular weight excluding hydrogens is 256 g/mol. The molecule has 3 rings (SSSR count). The van der Waals surface area contributed by atoms with Gasteiger partial charge in [-0.3, -0.25) is 0 Å². The zero-order chi connectivity index (χ0) is 14.8. The molecular formula is C19H24N2. The van der Waals surface area contributed by atoms with E-state index < -0.39 is 0 Å². The lowest BCUT2D eigenvalue weighted by Gasteiger charge is -2.27. The fourth-order valence-electron chi connectivity index (χ4n) is 3.30. The Kier molecular flexibility index (Phi) is 3.98. The molecule has 1 unspecified atom stereocenters. The van der Waals surface area contributed by atoms with Crippen molar-refractivity contribution in [2.75, 3.05) is 11.4 Å². The number of nitrogens with zero attached hydrogens (tertiary/aromatic N) is 1. The van der Waals surface area contributed by atoms with Crippen molar-refractivity contribution in [1.29, 1.82) is 0 Å². The fraction of sp³-hybridized carbons (Fsp3) is 0.368. The predicted octanol–water partition coefficient (Wildman–Crippen LogP) is 4.19. The summed E-state index contributed by atoms with van der Waals surface area (Å²) < 4.78 is 0. The van der Waals surface area contributed by atoms with Crippen LogP contribution in [0.15, 0.2) is 42.5 Å². The number of rotatable bonds is 4. The van der Waals surface area contributed by atoms with Crippen LogP contribution in [-0.2, 0) is 13.0 Å². The predicted molar refractivity (Wildman–Crippen MR) is 90.3 cm³/mol. The molecule has 2 aromatic carbocycles. The van der Waals surface area contributed by atoms with Gasteiger partial charge in [0.05, 0.1) is 0 Å². The third-order valence-electron chi connectivity index (χ3n) is 4.31. The lowest BCUT2D eigenvalue weighted by molar-refractivity contribution is 0.725. The van der Waals surface area contributed by atoms with Crippen LogP contribution in [-0.4, -0.2) is 12.6 Å². The van der Waals surface area contributed by atoms with Gasteiger partial charge in [-0.2, -0.15) is 0 Å². The van der Waals surface area contributed by atoms with Crippen molar-refractivity contribution in [3.63, 3.8) is 0 Å². The molecule has 0 saturated heterocycles. The zero-order valence-electron chi connectivity index (χ0n) is 13.2. The van der Waals surface area contributed by atoms with E-state index in [0.717, 1.165) is 19.5 Å². The summed E-state index contributed by atoms with van der Waals surface area (Å²) in [7, 11) is 0. The number of para-hydroxylation sites is 1. The monoisotopic (exact) mass is 280 g/mol. The van der Waals surface area contributed by atoms with Crippen molar-refractivity contribution in [2.45, 2.75) is 39.8 Å². The summed E-state index contributed by atoms with van der Waals surface area (Å²) in [6.07, 6.45) is 1.13. The molecule has 2 aromatic rings. The van der Waals surface area contributed by atoms with Crippen LogP contribution in [0.2, 0.25) is 0 Å². The van der Waals surface area contributed by atoms with Gasteiger partial charge in [0.1, 0.15) is 0 Å². The zero-order valence-corrected chi connectivity index (χ0v) is 13.2. The van der Waals surface area contributed by atoms with Crippen molar-refractivity contribution >= 4 is 11.4 Å². The molecule has 0 spiro atoms. The van der Waals surface area contributed by atoms with Crippen molar-refractivity contribution in [3.8, 4) is 0 Å². The van der Waals surface area contributed by atoms with Gasteiger partial charge in [-0.25, -0.2) is 0 Å². The molecule has 0 radical (unpaired) electrons. The number of hydrogen-bond acceptors (Lipinski definition) is 2. The highest BCUT2D eigenvalue weighted by Crippen LogP contribution is 2.39. The summed E-state index contributed by atoms with van der Waals surface area (Å²) in [6.45, 7) is 8.63. The Bertz CT molecular complexity index is 633. The second-order valence-corrected chi connectivity index (χ2v) is 5.95. The normalized spacial score (nSPS) is 17.1. The molecule has 2 heteroatoms. The van der Waals surface area contributed by atoms with Crippen molar-refractivity contribution in [2.24, 2.45) is 0 Å². The molecule has 1 aliphatic rings. The highest BCUT2D eigenvalue weighted by molar-refractivity contribution is 5.73. The van der Waals surface area contributed by atoms with Crippen LogP contribution < -0.4 is 10.2 Å². The SMILES string of the molecule is CCNCc1ccc(N2c3ccccc3CC2C)c(C)c1. The third-order valence-corrected chi connectivity index (χ3v) is 4.31. The molecule has 1 N–H and O–H groups in total. The van der Waals surface area contributed by atoms with Crippen molar-refractivity contribution < 1.29 is 0 Å². The first kappa shape index (κ1) is 14.2. The summed E-state index contributed by atoms with van der Waals surface area (Å²) in [5, 5.41) is 3.39. The Morgan fingerprint density at radius 1 is 1.14 bits per heavy atom. The molecule has 0 amide bonds. The lowest BCUT2D eigenvalue weighted by Crippen LogP contribution is -2.24. The largest absolute Gasteiger partial charge is 0.338 e. The number of benzene rings is 2. The molecule has 0 saturated carbocycles. The van der Waals surface area contributed by atoms with Gasteiger partial charge in [-0.05, 0) is 55.6 Å². The molecule has 0 bridgehead atoms. The van der Waals surface area contributed by atoms with Gasteiger partial charge in [-0.15, -0.1) is 0 Å². The van der Waals surface area contributed by atoms with Gasteiger partial charge in [0, 0.05) is 24.0 Å². The number of nitrogens with one attached hydrogen (secondary N) is 1. The Morgan fingerprint density at radius 2 is 1.95 bits per heavy atom. The van der Waals surface area contributed by atoms with Crippen LogP contribution in [0.3, 0.4) is 0 Å². The number of aryl methyl sites for hydroxylation is 1. The molecule has 1 heterocycles. The first-order valence-corrected chi connectivity index (χ1v) is 7.88. The molecule has 0 aromatic heterocycles. The minimum atomic E-state index is 0.528. The van der Waals surface area contributed by atoms with Crippen LogP contribution in [0.25, 0.3) is 0 Å². The van der Waals surface area contributed by atoms with E-state index in [0.29, 0.717) is 6.04 Å². The van der Waals surface area contributed by atoms with Crippen molar-refractivity contribution in [1.82, 2.24) is 5.32 Å². The van der Waals surface area contributed by atoms with E-state index in [2.05, 4.69) is 73.5 Å². The van der Waals surface area contributed by atoms with E-state index in [1.165, 1.54) is 28.1 Å². The summed E-state index contributed by atoms with van der Waals surface area (Å²) in [5.41, 5.74) is 6.88. The molecule has 21 heavy (non-hydrogen) atoms. The third kappa shape index (κ3) is 2.68. The maximum Gasteiger partial charge on any atom is 0.0446 e. The number of hydrogen-bond donors (Lipinski definition) is 1. The van der Waals surface area contributed by atoms with E-state index in [-0.39, 0.29) is 0 Å². The van der Waals surface area contributed by atoms with E-state index in [1.807, 2.05) is 0 Å². The Hall–Kier alpha value is -1.80. The average molecular weight is 280 g/mol. The fourth-order valence-corrected chi connectivity index (χ4v) is 3.30. The van der Waals surface area contributed by atoms with Crippen LogP contribution in [0.1, 0.15) is 30.5 Å². The van der Waals surface area contributed by atoms with E-state index in [4.69, 9.17) is 0 Å². The molecule has 1 aliphatic heterocycles. The smallest absolute Gasteiger partial charge is 0.0446 e. The molecule has 0 aliphatic carbocycles. The molecule has 0 fully saturated rings. The summed E-state index contributed by atoms with van der Waals surface area (Å²) in [5.74, 6) is 0. The second-order valence-electron chi connectivity index (χ2n) is 5.95. The Labute approximate surface area is 127 Å². The molecule has 2 nitrogen and oxygen atoms in total. The van der Waals surface area contributed by atoms with Crippen LogP contribution in [0.4, 0.5) is 11.4 Å². The van der Waals surface area contributed by atoms with Gasteiger partial charge in [-0.1, -0.05) is 37.3 Å².